The lowest BCUT2D eigenvalue weighted by Gasteiger charge is -2.19. The molecule has 1 amide bonds. The molecule has 1 aromatic rings. The zero-order valence-electron chi connectivity index (χ0n) is 8.00. The van der Waals surface area contributed by atoms with Crippen molar-refractivity contribution in [1.82, 2.24) is 4.90 Å². The smallest absolute Gasteiger partial charge is 0.264 e. The van der Waals surface area contributed by atoms with Crippen LogP contribution in [0.4, 0.5) is 0 Å². The van der Waals surface area contributed by atoms with Crippen LogP contribution in [-0.4, -0.2) is 23.4 Å². The SMILES string of the molecule is CCN(C(=O)c1ccc(Br)s1)C1CC1. The van der Waals surface area contributed by atoms with Crippen molar-refractivity contribution in [3.05, 3.63) is 20.8 Å². The van der Waals surface area contributed by atoms with E-state index in [1.165, 1.54) is 24.2 Å². The lowest BCUT2D eigenvalue weighted by atomic mass is 10.4. The molecule has 14 heavy (non-hydrogen) atoms. The zero-order valence-corrected chi connectivity index (χ0v) is 10.4. The van der Waals surface area contributed by atoms with Gasteiger partial charge in [-0.05, 0) is 47.8 Å². The van der Waals surface area contributed by atoms with Gasteiger partial charge in [0.05, 0.1) is 8.66 Å². The average Bonchev–Trinajstić information content (AvgIpc) is 2.90. The molecular formula is C10H12BrNOS. The lowest BCUT2D eigenvalue weighted by Crippen LogP contribution is -2.32. The molecule has 1 heterocycles. The van der Waals surface area contributed by atoms with E-state index in [4.69, 9.17) is 0 Å². The Labute approximate surface area is 96.0 Å². The third-order valence-electron chi connectivity index (χ3n) is 2.37. The van der Waals surface area contributed by atoms with Gasteiger partial charge in [-0.25, -0.2) is 0 Å². The highest BCUT2D eigenvalue weighted by Crippen LogP contribution is 2.30. The quantitative estimate of drug-likeness (QED) is 0.829. The van der Waals surface area contributed by atoms with Crippen LogP contribution in [0.1, 0.15) is 29.4 Å². The summed E-state index contributed by atoms with van der Waals surface area (Å²) in [5, 5.41) is 0. The van der Waals surface area contributed by atoms with Gasteiger partial charge in [-0.3, -0.25) is 4.79 Å². The summed E-state index contributed by atoms with van der Waals surface area (Å²) in [6, 6.07) is 4.33. The first-order valence-corrected chi connectivity index (χ1v) is 6.39. The molecule has 0 aromatic carbocycles. The van der Waals surface area contributed by atoms with E-state index in [9.17, 15) is 4.79 Å². The number of thiophene rings is 1. The number of halogens is 1. The number of hydrogen-bond donors (Lipinski definition) is 0. The number of rotatable bonds is 3. The summed E-state index contributed by atoms with van der Waals surface area (Å²) < 4.78 is 1.02. The van der Waals surface area contributed by atoms with Gasteiger partial charge in [0.25, 0.3) is 5.91 Å². The molecule has 0 unspecified atom stereocenters. The molecular weight excluding hydrogens is 262 g/mol. The molecule has 2 rings (SSSR count). The second-order valence-electron chi connectivity index (χ2n) is 3.43. The van der Waals surface area contributed by atoms with E-state index < -0.39 is 0 Å². The van der Waals surface area contributed by atoms with Gasteiger partial charge in [0.2, 0.25) is 0 Å². The first kappa shape index (κ1) is 10.2. The maximum Gasteiger partial charge on any atom is 0.264 e. The normalized spacial score (nSPS) is 15.6. The van der Waals surface area contributed by atoms with E-state index in [-0.39, 0.29) is 5.91 Å². The highest BCUT2D eigenvalue weighted by atomic mass is 79.9. The summed E-state index contributed by atoms with van der Waals surface area (Å²) in [5.74, 6) is 0.186. The van der Waals surface area contributed by atoms with Crippen LogP contribution in [0.15, 0.2) is 15.9 Å². The van der Waals surface area contributed by atoms with Crippen molar-refractivity contribution in [2.24, 2.45) is 0 Å². The van der Waals surface area contributed by atoms with Crippen LogP contribution in [0.3, 0.4) is 0 Å². The molecule has 0 saturated heterocycles. The number of carbonyl (C=O) groups excluding carboxylic acids is 1. The van der Waals surface area contributed by atoms with Crippen molar-refractivity contribution in [3.8, 4) is 0 Å². The number of amides is 1. The number of carbonyl (C=O) groups is 1. The summed E-state index contributed by atoms with van der Waals surface area (Å²) in [6.45, 7) is 2.86. The minimum absolute atomic E-state index is 0.186. The minimum atomic E-state index is 0.186. The Bertz CT molecular complexity index is 346. The predicted molar refractivity (Wildman–Crippen MR) is 61.8 cm³/mol. The van der Waals surface area contributed by atoms with Crippen molar-refractivity contribution in [2.75, 3.05) is 6.54 Å². The molecule has 76 valence electrons. The monoisotopic (exact) mass is 273 g/mol. The fourth-order valence-corrected chi connectivity index (χ4v) is 2.87. The standard InChI is InChI=1S/C10H12BrNOS/c1-2-12(7-3-4-7)10(13)8-5-6-9(11)14-8/h5-7H,2-4H2,1H3. The molecule has 0 radical (unpaired) electrons. The zero-order chi connectivity index (χ0) is 10.1. The first-order valence-electron chi connectivity index (χ1n) is 4.78. The molecule has 0 aliphatic heterocycles. The maximum atomic E-state index is 12.0. The lowest BCUT2D eigenvalue weighted by molar-refractivity contribution is 0.0757. The predicted octanol–water partition coefficient (Wildman–Crippen LogP) is 3.14. The first-order chi connectivity index (χ1) is 6.72. The van der Waals surface area contributed by atoms with Crippen LogP contribution in [-0.2, 0) is 0 Å². The topological polar surface area (TPSA) is 20.3 Å². The third kappa shape index (κ3) is 2.01. The Balaban J connectivity index is 2.13. The molecule has 1 aliphatic rings. The average molecular weight is 274 g/mol. The molecule has 1 saturated carbocycles. The second-order valence-corrected chi connectivity index (χ2v) is 5.89. The second kappa shape index (κ2) is 4.03. The molecule has 0 N–H and O–H groups in total. The molecule has 0 bridgehead atoms. The maximum absolute atomic E-state index is 12.0. The van der Waals surface area contributed by atoms with Gasteiger partial charge in [-0.1, -0.05) is 0 Å². The van der Waals surface area contributed by atoms with Crippen molar-refractivity contribution < 1.29 is 4.79 Å². The van der Waals surface area contributed by atoms with E-state index in [0.29, 0.717) is 6.04 Å². The van der Waals surface area contributed by atoms with Gasteiger partial charge in [-0.15, -0.1) is 11.3 Å². The summed E-state index contributed by atoms with van der Waals surface area (Å²) in [5.41, 5.74) is 0. The van der Waals surface area contributed by atoms with Gasteiger partial charge < -0.3 is 4.90 Å². The van der Waals surface area contributed by atoms with Crippen molar-refractivity contribution in [2.45, 2.75) is 25.8 Å². The molecule has 0 spiro atoms. The Hall–Kier alpha value is -0.350. The van der Waals surface area contributed by atoms with Crippen LogP contribution in [0, 0.1) is 0 Å². The van der Waals surface area contributed by atoms with Crippen LogP contribution >= 0.6 is 27.3 Å². The van der Waals surface area contributed by atoms with Gasteiger partial charge in [0, 0.05) is 12.6 Å². The van der Waals surface area contributed by atoms with Crippen molar-refractivity contribution in [1.29, 1.82) is 0 Å². The Morgan fingerprint density at radius 3 is 2.79 bits per heavy atom. The van der Waals surface area contributed by atoms with Crippen LogP contribution < -0.4 is 0 Å². The minimum Gasteiger partial charge on any atom is -0.335 e. The highest BCUT2D eigenvalue weighted by molar-refractivity contribution is 9.11. The van der Waals surface area contributed by atoms with Crippen LogP contribution in [0.2, 0.25) is 0 Å². The fourth-order valence-electron chi connectivity index (χ4n) is 1.52. The van der Waals surface area contributed by atoms with Gasteiger partial charge in [-0.2, -0.15) is 0 Å². The van der Waals surface area contributed by atoms with E-state index >= 15 is 0 Å². The van der Waals surface area contributed by atoms with Gasteiger partial charge in [0.15, 0.2) is 0 Å². The van der Waals surface area contributed by atoms with E-state index in [1.807, 2.05) is 24.0 Å². The highest BCUT2D eigenvalue weighted by Gasteiger charge is 2.32. The third-order valence-corrected chi connectivity index (χ3v) is 3.98. The molecule has 2 nitrogen and oxygen atoms in total. The van der Waals surface area contributed by atoms with Crippen LogP contribution in [0.25, 0.3) is 0 Å². The number of hydrogen-bond acceptors (Lipinski definition) is 2. The summed E-state index contributed by atoms with van der Waals surface area (Å²) in [4.78, 5) is 14.8. The number of nitrogens with zero attached hydrogens (tertiary/aromatic N) is 1. The summed E-state index contributed by atoms with van der Waals surface area (Å²) >= 11 is 4.88. The molecule has 0 atom stereocenters. The van der Waals surface area contributed by atoms with Crippen LogP contribution in [0.5, 0.6) is 0 Å². The van der Waals surface area contributed by atoms with E-state index in [0.717, 1.165) is 15.2 Å². The van der Waals surface area contributed by atoms with Crippen molar-refractivity contribution in [3.63, 3.8) is 0 Å². The van der Waals surface area contributed by atoms with Gasteiger partial charge in [0.1, 0.15) is 0 Å². The Morgan fingerprint density at radius 2 is 2.36 bits per heavy atom. The molecule has 1 aliphatic carbocycles. The largest absolute Gasteiger partial charge is 0.335 e. The van der Waals surface area contributed by atoms with Gasteiger partial charge >= 0.3 is 0 Å². The summed E-state index contributed by atoms with van der Waals surface area (Å²) in [7, 11) is 0. The van der Waals surface area contributed by atoms with Crippen molar-refractivity contribution >= 4 is 33.2 Å². The van der Waals surface area contributed by atoms with E-state index in [2.05, 4.69) is 15.9 Å². The van der Waals surface area contributed by atoms with E-state index in [1.54, 1.807) is 0 Å². The molecule has 4 heteroatoms. The Kier molecular flexibility index (Phi) is 2.93. The molecule has 1 fully saturated rings. The molecule has 1 aromatic heterocycles. The Morgan fingerprint density at radius 1 is 1.64 bits per heavy atom. The fraction of sp³-hybridized carbons (Fsp3) is 0.500. The summed E-state index contributed by atoms with van der Waals surface area (Å²) in [6.07, 6.45) is 2.35.